The van der Waals surface area contributed by atoms with Crippen molar-refractivity contribution in [3.05, 3.63) is 27.8 Å². The van der Waals surface area contributed by atoms with Crippen molar-refractivity contribution in [1.29, 1.82) is 0 Å². The van der Waals surface area contributed by atoms with Crippen molar-refractivity contribution in [2.75, 3.05) is 17.2 Å². The lowest BCUT2D eigenvalue weighted by molar-refractivity contribution is -0.384. The molecular formula is C12H13F2N3O4. The van der Waals surface area contributed by atoms with Crippen molar-refractivity contribution in [3.8, 4) is 0 Å². The van der Waals surface area contributed by atoms with Crippen molar-refractivity contribution in [2.45, 2.75) is 25.4 Å². The van der Waals surface area contributed by atoms with Crippen LogP contribution in [0, 0.1) is 10.1 Å². The molecule has 1 aromatic rings. The number of halogens is 2. The topological polar surface area (TPSA) is 104 Å². The van der Waals surface area contributed by atoms with Crippen LogP contribution in [0.1, 0.15) is 12.0 Å². The number of rotatable bonds is 5. The normalized spacial score (nSPS) is 15.3. The highest BCUT2D eigenvalue weighted by atomic mass is 19.3. The first kappa shape index (κ1) is 15.1. The molecule has 1 aliphatic rings. The number of hydrogen-bond donors (Lipinski definition) is 3. The average Bonchev–Trinajstić information content (AvgIpc) is 2.43. The third-order valence-corrected chi connectivity index (χ3v) is 3.11. The predicted octanol–water partition coefficient (Wildman–Crippen LogP) is 1.52. The lowest BCUT2D eigenvalue weighted by Crippen LogP contribution is -2.27. The van der Waals surface area contributed by atoms with Crippen LogP contribution in [0.25, 0.3) is 0 Å². The molecule has 1 unspecified atom stereocenters. The number of benzene rings is 1. The number of aryl methyl sites for hydroxylation is 1. The van der Waals surface area contributed by atoms with Crippen molar-refractivity contribution < 1.29 is 23.6 Å². The summed E-state index contributed by atoms with van der Waals surface area (Å²) in [5.41, 5.74) is 0.708. The van der Waals surface area contributed by atoms with Gasteiger partial charge in [-0.25, -0.2) is 8.78 Å². The molecule has 0 aliphatic carbocycles. The van der Waals surface area contributed by atoms with E-state index >= 15 is 0 Å². The average molecular weight is 301 g/mol. The van der Waals surface area contributed by atoms with Crippen molar-refractivity contribution in [3.63, 3.8) is 0 Å². The second kappa shape index (κ2) is 6.00. The fourth-order valence-electron chi connectivity index (χ4n) is 2.01. The minimum Gasteiger partial charge on any atom is -0.385 e. The maximum absolute atomic E-state index is 12.2. The number of aliphatic hydroxyl groups excluding tert-OH is 1. The number of carbonyl (C=O) groups excluding carboxylic acids is 1. The van der Waals surface area contributed by atoms with Crippen LogP contribution < -0.4 is 10.6 Å². The fourth-order valence-corrected chi connectivity index (χ4v) is 2.01. The van der Waals surface area contributed by atoms with E-state index in [1.165, 1.54) is 12.1 Å². The predicted molar refractivity (Wildman–Crippen MR) is 70.5 cm³/mol. The van der Waals surface area contributed by atoms with Gasteiger partial charge in [-0.3, -0.25) is 14.9 Å². The summed E-state index contributed by atoms with van der Waals surface area (Å²) in [4.78, 5) is 21.7. The minimum absolute atomic E-state index is 0.0272. The van der Waals surface area contributed by atoms with Crippen LogP contribution in [0.15, 0.2) is 12.1 Å². The molecule has 1 amide bonds. The quantitative estimate of drug-likeness (QED) is 0.565. The van der Waals surface area contributed by atoms with Gasteiger partial charge in [0.15, 0.2) is 0 Å². The minimum atomic E-state index is -2.95. The molecular weight excluding hydrogens is 288 g/mol. The first-order valence-electron chi connectivity index (χ1n) is 6.19. The number of aliphatic hydroxyl groups is 1. The Bertz CT molecular complexity index is 580. The van der Waals surface area contributed by atoms with Gasteiger partial charge in [-0.15, -0.1) is 0 Å². The van der Waals surface area contributed by atoms with Gasteiger partial charge < -0.3 is 15.7 Å². The molecule has 21 heavy (non-hydrogen) atoms. The molecule has 3 N–H and O–H groups in total. The Labute approximate surface area is 118 Å². The lowest BCUT2D eigenvalue weighted by atomic mass is 10.0. The molecule has 114 valence electrons. The number of nitrogens with zero attached hydrogens (tertiary/aromatic N) is 1. The van der Waals surface area contributed by atoms with Gasteiger partial charge in [0.05, 0.1) is 4.92 Å². The molecule has 9 heteroatoms. The van der Waals surface area contributed by atoms with Crippen LogP contribution in [0.4, 0.5) is 25.8 Å². The van der Waals surface area contributed by atoms with Crippen LogP contribution in [0.5, 0.6) is 0 Å². The van der Waals surface area contributed by atoms with E-state index in [0.717, 1.165) is 0 Å². The van der Waals surface area contributed by atoms with Crippen LogP contribution >= 0.6 is 0 Å². The largest absolute Gasteiger partial charge is 0.385 e. The molecule has 0 bridgehead atoms. The number of anilines is 2. The highest BCUT2D eigenvalue weighted by Crippen LogP contribution is 2.34. The molecule has 1 aromatic carbocycles. The molecule has 0 saturated heterocycles. The number of nitro groups is 1. The summed E-state index contributed by atoms with van der Waals surface area (Å²) in [6.07, 6.45) is -4.27. The Morgan fingerprint density at radius 2 is 2.14 bits per heavy atom. The van der Waals surface area contributed by atoms with Crippen molar-refractivity contribution >= 4 is 23.0 Å². The van der Waals surface area contributed by atoms with E-state index in [0.29, 0.717) is 17.7 Å². The summed E-state index contributed by atoms with van der Waals surface area (Å²) in [5, 5.41) is 25.0. The molecule has 0 saturated carbocycles. The van der Waals surface area contributed by atoms with Gasteiger partial charge in [-0.1, -0.05) is 0 Å². The monoisotopic (exact) mass is 301 g/mol. The Hall–Kier alpha value is -2.29. The lowest BCUT2D eigenvalue weighted by Gasteiger charge is -2.19. The third-order valence-electron chi connectivity index (χ3n) is 3.11. The standard InChI is InChI=1S/C12H13F2N3O4/c13-12(14)10(18)5-15-8-4-7-6(1-2-11(19)16-7)3-9(8)17(20)21/h3-4,10,12,15,18H,1-2,5H2,(H,16,19). The van der Waals surface area contributed by atoms with Gasteiger partial charge in [0.1, 0.15) is 11.8 Å². The van der Waals surface area contributed by atoms with E-state index < -0.39 is 24.0 Å². The van der Waals surface area contributed by atoms with Gasteiger partial charge in [-0.2, -0.15) is 0 Å². The second-order valence-electron chi connectivity index (χ2n) is 4.61. The molecule has 0 aromatic heterocycles. The van der Waals surface area contributed by atoms with Gasteiger partial charge in [-0.05, 0) is 18.1 Å². The summed E-state index contributed by atoms with van der Waals surface area (Å²) in [6, 6.07) is 2.62. The first-order chi connectivity index (χ1) is 9.88. The van der Waals surface area contributed by atoms with Gasteiger partial charge in [0.25, 0.3) is 12.1 Å². The molecule has 0 spiro atoms. The number of nitro benzene ring substituents is 1. The summed E-state index contributed by atoms with van der Waals surface area (Å²) in [7, 11) is 0. The number of hydrogen-bond acceptors (Lipinski definition) is 5. The highest BCUT2D eigenvalue weighted by molar-refractivity contribution is 5.95. The molecule has 2 rings (SSSR count). The van der Waals surface area contributed by atoms with Crippen LogP contribution in [0.2, 0.25) is 0 Å². The van der Waals surface area contributed by atoms with Crippen LogP contribution in [0.3, 0.4) is 0 Å². The molecule has 1 atom stereocenters. The van der Waals surface area contributed by atoms with E-state index in [1.54, 1.807) is 0 Å². The smallest absolute Gasteiger partial charge is 0.292 e. The third kappa shape index (κ3) is 3.43. The van der Waals surface area contributed by atoms with E-state index in [-0.39, 0.29) is 23.7 Å². The number of fused-ring (bicyclic) bond motifs is 1. The molecule has 7 nitrogen and oxygen atoms in total. The maximum Gasteiger partial charge on any atom is 0.292 e. The van der Waals surface area contributed by atoms with E-state index in [4.69, 9.17) is 5.11 Å². The SMILES string of the molecule is O=C1CCc2cc([N+](=O)[O-])c(NCC(O)C(F)F)cc2N1. The van der Waals surface area contributed by atoms with E-state index in [2.05, 4.69) is 10.6 Å². The Balaban J connectivity index is 2.28. The van der Waals surface area contributed by atoms with Crippen molar-refractivity contribution in [1.82, 2.24) is 0 Å². The zero-order valence-electron chi connectivity index (χ0n) is 10.8. The number of nitrogens with one attached hydrogen (secondary N) is 2. The Morgan fingerprint density at radius 3 is 2.76 bits per heavy atom. The van der Waals surface area contributed by atoms with E-state index in [1.807, 2.05) is 0 Å². The van der Waals surface area contributed by atoms with Crippen molar-refractivity contribution in [2.24, 2.45) is 0 Å². The zero-order valence-corrected chi connectivity index (χ0v) is 10.8. The molecule has 1 aliphatic heterocycles. The van der Waals surface area contributed by atoms with Crippen LogP contribution in [-0.2, 0) is 11.2 Å². The van der Waals surface area contributed by atoms with Gasteiger partial charge in [0, 0.05) is 24.7 Å². The summed E-state index contributed by atoms with van der Waals surface area (Å²) in [5.74, 6) is -0.213. The maximum atomic E-state index is 12.2. The number of carbonyl (C=O) groups is 1. The van der Waals surface area contributed by atoms with Crippen LogP contribution in [-0.4, -0.2) is 35.0 Å². The number of amides is 1. The molecule has 0 fully saturated rings. The van der Waals surface area contributed by atoms with Gasteiger partial charge in [0.2, 0.25) is 5.91 Å². The molecule has 1 heterocycles. The Kier molecular flexibility index (Phi) is 4.32. The van der Waals surface area contributed by atoms with Gasteiger partial charge >= 0.3 is 0 Å². The fraction of sp³-hybridized carbons (Fsp3) is 0.417. The highest BCUT2D eigenvalue weighted by Gasteiger charge is 2.24. The second-order valence-corrected chi connectivity index (χ2v) is 4.61. The summed E-state index contributed by atoms with van der Waals surface area (Å²) in [6.45, 7) is -0.536. The first-order valence-corrected chi connectivity index (χ1v) is 6.19. The zero-order chi connectivity index (χ0) is 15.6. The van der Waals surface area contributed by atoms with E-state index in [9.17, 15) is 23.7 Å². The summed E-state index contributed by atoms with van der Waals surface area (Å²) < 4.78 is 24.5. The summed E-state index contributed by atoms with van der Waals surface area (Å²) >= 11 is 0. The number of alkyl halides is 2. The Morgan fingerprint density at radius 1 is 1.43 bits per heavy atom. The molecule has 0 radical (unpaired) electrons.